The Morgan fingerprint density at radius 1 is 1.06 bits per heavy atom. The van der Waals surface area contributed by atoms with Gasteiger partial charge < -0.3 is 10.2 Å². The van der Waals surface area contributed by atoms with Crippen LogP contribution in [0.3, 0.4) is 0 Å². The van der Waals surface area contributed by atoms with E-state index in [1.165, 1.54) is 0 Å². The van der Waals surface area contributed by atoms with Gasteiger partial charge >= 0.3 is 11.9 Å². The average molecular weight is 230 g/mol. The fourth-order valence-corrected chi connectivity index (χ4v) is 2.38. The quantitative estimate of drug-likeness (QED) is 0.705. The maximum absolute atomic E-state index is 11.4. The molecule has 0 saturated heterocycles. The number of carboxylic acid groups (broad SMARTS) is 2. The molecule has 0 aromatic carbocycles. The minimum absolute atomic E-state index is 0.00112. The SMILES string of the molecule is CC(C)C(CCCC(=O)O)(C(=O)O)C(C)C. The van der Waals surface area contributed by atoms with Crippen molar-refractivity contribution in [3.05, 3.63) is 0 Å². The molecule has 0 aliphatic rings. The standard InChI is InChI=1S/C12H22O4/c1-8(2)12(9(3)4,11(15)16)7-5-6-10(13)14/h8-9H,5-7H2,1-4H3,(H,13,14)(H,15,16). The fraction of sp³-hybridized carbons (Fsp3) is 0.833. The van der Waals surface area contributed by atoms with Gasteiger partial charge in [-0.25, -0.2) is 0 Å². The summed E-state index contributed by atoms with van der Waals surface area (Å²) in [7, 11) is 0. The Balaban J connectivity index is 4.77. The first kappa shape index (κ1) is 14.9. The topological polar surface area (TPSA) is 74.6 Å². The van der Waals surface area contributed by atoms with Crippen molar-refractivity contribution in [2.45, 2.75) is 47.0 Å². The van der Waals surface area contributed by atoms with Gasteiger partial charge in [0.1, 0.15) is 0 Å². The van der Waals surface area contributed by atoms with Gasteiger partial charge in [0, 0.05) is 6.42 Å². The van der Waals surface area contributed by atoms with Gasteiger partial charge in [-0.3, -0.25) is 9.59 Å². The zero-order valence-corrected chi connectivity index (χ0v) is 10.5. The Labute approximate surface area is 96.7 Å². The van der Waals surface area contributed by atoms with Crippen LogP contribution in [0.5, 0.6) is 0 Å². The molecule has 4 nitrogen and oxygen atoms in total. The number of hydrogen-bond donors (Lipinski definition) is 2. The van der Waals surface area contributed by atoms with Crippen molar-refractivity contribution in [2.75, 3.05) is 0 Å². The molecule has 0 spiro atoms. The van der Waals surface area contributed by atoms with Crippen LogP contribution in [0.15, 0.2) is 0 Å². The van der Waals surface area contributed by atoms with Crippen LogP contribution in [0.4, 0.5) is 0 Å². The highest BCUT2D eigenvalue weighted by molar-refractivity contribution is 5.75. The highest BCUT2D eigenvalue weighted by Gasteiger charge is 2.43. The monoisotopic (exact) mass is 230 g/mol. The Kier molecular flexibility index (Phi) is 5.48. The summed E-state index contributed by atoms with van der Waals surface area (Å²) in [5, 5.41) is 18.0. The molecule has 0 unspecified atom stereocenters. The van der Waals surface area contributed by atoms with Crippen molar-refractivity contribution in [3.8, 4) is 0 Å². The summed E-state index contributed by atoms with van der Waals surface area (Å²) >= 11 is 0. The van der Waals surface area contributed by atoms with Crippen LogP contribution in [0.25, 0.3) is 0 Å². The lowest BCUT2D eigenvalue weighted by Gasteiger charge is -2.37. The molecule has 0 aliphatic heterocycles. The fourth-order valence-electron chi connectivity index (χ4n) is 2.38. The van der Waals surface area contributed by atoms with E-state index in [0.717, 1.165) is 0 Å². The van der Waals surface area contributed by atoms with E-state index < -0.39 is 17.4 Å². The normalized spacial score (nSPS) is 12.1. The van der Waals surface area contributed by atoms with Crippen LogP contribution in [0.1, 0.15) is 47.0 Å². The molecule has 0 aliphatic carbocycles. The first-order chi connectivity index (χ1) is 7.25. The molecule has 0 saturated carbocycles. The molecule has 2 N–H and O–H groups in total. The van der Waals surface area contributed by atoms with Gasteiger partial charge in [0.15, 0.2) is 0 Å². The van der Waals surface area contributed by atoms with E-state index in [0.29, 0.717) is 12.8 Å². The molecule has 0 rings (SSSR count). The van der Waals surface area contributed by atoms with Gasteiger partial charge in [0.05, 0.1) is 5.41 Å². The lowest BCUT2D eigenvalue weighted by Crippen LogP contribution is -2.41. The number of aliphatic carboxylic acids is 2. The van der Waals surface area contributed by atoms with E-state index in [2.05, 4.69) is 0 Å². The Bertz CT molecular complexity index is 248. The van der Waals surface area contributed by atoms with Crippen LogP contribution < -0.4 is 0 Å². The first-order valence-corrected chi connectivity index (χ1v) is 5.70. The van der Waals surface area contributed by atoms with Crippen LogP contribution in [-0.4, -0.2) is 22.2 Å². The second kappa shape index (κ2) is 5.87. The lowest BCUT2D eigenvalue weighted by atomic mass is 9.66. The van der Waals surface area contributed by atoms with Crippen LogP contribution in [0.2, 0.25) is 0 Å². The van der Waals surface area contributed by atoms with Crippen molar-refractivity contribution >= 4 is 11.9 Å². The largest absolute Gasteiger partial charge is 0.481 e. The molecule has 4 heteroatoms. The summed E-state index contributed by atoms with van der Waals surface area (Å²) in [6.07, 6.45) is 0.871. The first-order valence-electron chi connectivity index (χ1n) is 5.70. The summed E-state index contributed by atoms with van der Waals surface area (Å²) in [4.78, 5) is 21.9. The molecule has 0 aromatic rings. The molecule has 0 fully saturated rings. The maximum atomic E-state index is 11.4. The predicted octanol–water partition coefficient (Wildman–Crippen LogP) is 2.62. The summed E-state index contributed by atoms with van der Waals surface area (Å²) in [6, 6.07) is 0. The minimum Gasteiger partial charge on any atom is -0.481 e. The summed E-state index contributed by atoms with van der Waals surface area (Å²) in [5.74, 6) is -1.69. The van der Waals surface area contributed by atoms with Crippen LogP contribution >= 0.6 is 0 Å². The van der Waals surface area contributed by atoms with Gasteiger partial charge in [-0.15, -0.1) is 0 Å². The molecule has 16 heavy (non-hydrogen) atoms. The molecule has 0 radical (unpaired) electrons. The molecule has 0 bridgehead atoms. The van der Waals surface area contributed by atoms with Crippen molar-refractivity contribution in [1.29, 1.82) is 0 Å². The third kappa shape index (κ3) is 3.22. The smallest absolute Gasteiger partial charge is 0.310 e. The molecule has 0 atom stereocenters. The molecular weight excluding hydrogens is 208 g/mol. The number of hydrogen-bond acceptors (Lipinski definition) is 2. The number of carbonyl (C=O) groups is 2. The highest BCUT2D eigenvalue weighted by Crippen LogP contribution is 2.41. The molecule has 0 heterocycles. The summed E-state index contributed by atoms with van der Waals surface area (Å²) in [6.45, 7) is 7.54. The van der Waals surface area contributed by atoms with E-state index in [-0.39, 0.29) is 18.3 Å². The third-order valence-corrected chi connectivity index (χ3v) is 3.44. The third-order valence-electron chi connectivity index (χ3n) is 3.44. The number of carboxylic acids is 2. The van der Waals surface area contributed by atoms with Gasteiger partial charge in [0.2, 0.25) is 0 Å². The van der Waals surface area contributed by atoms with Crippen molar-refractivity contribution < 1.29 is 19.8 Å². The number of rotatable bonds is 7. The predicted molar refractivity (Wildman–Crippen MR) is 61.2 cm³/mol. The minimum atomic E-state index is -0.869. The summed E-state index contributed by atoms with van der Waals surface area (Å²) < 4.78 is 0. The average Bonchev–Trinajstić information content (AvgIpc) is 2.09. The second-order valence-electron chi connectivity index (χ2n) is 4.90. The zero-order valence-electron chi connectivity index (χ0n) is 10.5. The van der Waals surface area contributed by atoms with Gasteiger partial charge in [0.25, 0.3) is 0 Å². The van der Waals surface area contributed by atoms with E-state index >= 15 is 0 Å². The molecule has 0 amide bonds. The van der Waals surface area contributed by atoms with Crippen LogP contribution in [-0.2, 0) is 9.59 Å². The van der Waals surface area contributed by atoms with Gasteiger partial charge in [-0.05, 0) is 24.7 Å². The molecule has 0 aromatic heterocycles. The van der Waals surface area contributed by atoms with Crippen LogP contribution in [0, 0.1) is 17.3 Å². The van der Waals surface area contributed by atoms with E-state index in [1.54, 1.807) is 0 Å². The zero-order chi connectivity index (χ0) is 12.9. The van der Waals surface area contributed by atoms with E-state index in [1.807, 2.05) is 27.7 Å². The van der Waals surface area contributed by atoms with Crippen molar-refractivity contribution in [1.82, 2.24) is 0 Å². The van der Waals surface area contributed by atoms with Crippen molar-refractivity contribution in [3.63, 3.8) is 0 Å². The van der Waals surface area contributed by atoms with Gasteiger partial charge in [-0.2, -0.15) is 0 Å². The molecular formula is C12H22O4. The van der Waals surface area contributed by atoms with Crippen molar-refractivity contribution in [2.24, 2.45) is 17.3 Å². The Morgan fingerprint density at radius 3 is 1.75 bits per heavy atom. The summed E-state index contributed by atoms with van der Waals surface area (Å²) in [5.41, 5.74) is -0.810. The van der Waals surface area contributed by atoms with Gasteiger partial charge in [-0.1, -0.05) is 27.7 Å². The second-order valence-corrected chi connectivity index (χ2v) is 4.90. The van der Waals surface area contributed by atoms with E-state index in [9.17, 15) is 14.7 Å². The maximum Gasteiger partial charge on any atom is 0.310 e. The lowest BCUT2D eigenvalue weighted by molar-refractivity contribution is -0.157. The Morgan fingerprint density at radius 2 is 1.50 bits per heavy atom. The highest BCUT2D eigenvalue weighted by atomic mass is 16.4. The molecule has 94 valence electrons. The van der Waals surface area contributed by atoms with E-state index in [4.69, 9.17) is 5.11 Å². The Hall–Kier alpha value is -1.06.